The zero-order valence-electron chi connectivity index (χ0n) is 13.2. The summed E-state index contributed by atoms with van der Waals surface area (Å²) in [6.07, 6.45) is 3.78. The molecule has 1 aromatic rings. The highest BCUT2D eigenvalue weighted by atomic mass is 35.5. The van der Waals surface area contributed by atoms with Crippen molar-refractivity contribution in [2.75, 3.05) is 6.61 Å². The largest absolute Gasteiger partial charge is 0.489 e. The van der Waals surface area contributed by atoms with E-state index in [1.54, 1.807) is 0 Å². The fraction of sp³-hybridized carbons (Fsp3) is 0.647. The fourth-order valence-corrected chi connectivity index (χ4v) is 2.79. The number of nitrogens with one attached hydrogen (secondary N) is 1. The van der Waals surface area contributed by atoms with E-state index in [0.29, 0.717) is 17.4 Å². The summed E-state index contributed by atoms with van der Waals surface area (Å²) in [5, 5.41) is 14.3. The third-order valence-electron chi connectivity index (χ3n) is 3.85. The first kappa shape index (κ1) is 16.6. The Balaban J connectivity index is 1.92. The van der Waals surface area contributed by atoms with E-state index in [0.717, 1.165) is 37.8 Å². The van der Waals surface area contributed by atoms with Crippen molar-refractivity contribution in [3.63, 3.8) is 0 Å². The van der Waals surface area contributed by atoms with Crippen LogP contribution in [0.1, 0.15) is 52.0 Å². The van der Waals surface area contributed by atoms with Gasteiger partial charge in [-0.05, 0) is 51.3 Å². The summed E-state index contributed by atoms with van der Waals surface area (Å²) in [5.41, 5.74) is 0.533. The van der Waals surface area contributed by atoms with Gasteiger partial charge >= 0.3 is 0 Å². The highest BCUT2D eigenvalue weighted by Crippen LogP contribution is 2.32. The molecule has 0 atom stereocenters. The Morgan fingerprint density at radius 2 is 1.95 bits per heavy atom. The lowest BCUT2D eigenvalue weighted by atomic mass is 10.0. The molecule has 0 aliphatic heterocycles. The van der Waals surface area contributed by atoms with Crippen LogP contribution in [0.5, 0.6) is 5.75 Å². The zero-order valence-corrected chi connectivity index (χ0v) is 14.0. The molecular formula is C17H26ClNO2. The highest BCUT2D eigenvalue weighted by Gasteiger charge is 2.32. The van der Waals surface area contributed by atoms with Crippen LogP contribution in [0.2, 0.25) is 5.02 Å². The van der Waals surface area contributed by atoms with Crippen LogP contribution in [-0.2, 0) is 6.54 Å². The van der Waals surface area contributed by atoms with Gasteiger partial charge in [0.2, 0.25) is 0 Å². The molecule has 2 rings (SSSR count). The average molecular weight is 312 g/mol. The molecule has 0 bridgehead atoms. The third kappa shape index (κ3) is 5.17. The SMILES string of the molecule is CC(C)(C)NCc1ccc(OCC2(O)CCCC2)c(Cl)c1. The van der Waals surface area contributed by atoms with Gasteiger partial charge in [-0.1, -0.05) is 30.5 Å². The summed E-state index contributed by atoms with van der Waals surface area (Å²) >= 11 is 6.28. The molecule has 1 saturated carbocycles. The molecule has 2 N–H and O–H groups in total. The standard InChI is InChI=1S/C17H26ClNO2/c1-16(2,3)19-11-13-6-7-15(14(18)10-13)21-12-17(20)8-4-5-9-17/h6-7,10,19-20H,4-5,8-9,11-12H2,1-3H3. The number of hydrogen-bond donors (Lipinski definition) is 2. The number of aliphatic hydroxyl groups is 1. The van der Waals surface area contributed by atoms with E-state index < -0.39 is 5.60 Å². The van der Waals surface area contributed by atoms with Crippen molar-refractivity contribution in [2.24, 2.45) is 0 Å². The minimum Gasteiger partial charge on any atom is -0.489 e. The maximum atomic E-state index is 10.3. The van der Waals surface area contributed by atoms with Crippen molar-refractivity contribution < 1.29 is 9.84 Å². The van der Waals surface area contributed by atoms with Crippen molar-refractivity contribution in [3.05, 3.63) is 28.8 Å². The predicted octanol–water partition coefficient (Wildman–Crippen LogP) is 3.91. The molecule has 0 heterocycles. The first-order valence-electron chi connectivity index (χ1n) is 7.66. The summed E-state index contributed by atoms with van der Waals surface area (Å²) < 4.78 is 5.72. The molecule has 0 radical (unpaired) electrons. The number of benzene rings is 1. The Morgan fingerprint density at radius 1 is 1.29 bits per heavy atom. The normalized spacial score (nSPS) is 18.0. The Morgan fingerprint density at radius 3 is 2.52 bits per heavy atom. The summed E-state index contributed by atoms with van der Waals surface area (Å²) in [7, 11) is 0. The lowest BCUT2D eigenvalue weighted by molar-refractivity contribution is 0.00144. The van der Waals surface area contributed by atoms with Crippen LogP contribution < -0.4 is 10.1 Å². The lowest BCUT2D eigenvalue weighted by Crippen LogP contribution is -2.35. The predicted molar refractivity (Wildman–Crippen MR) is 87.0 cm³/mol. The Bertz CT molecular complexity index is 476. The van der Waals surface area contributed by atoms with Gasteiger partial charge in [0.1, 0.15) is 12.4 Å². The van der Waals surface area contributed by atoms with E-state index in [4.69, 9.17) is 16.3 Å². The zero-order chi connectivity index (χ0) is 15.5. The van der Waals surface area contributed by atoms with Gasteiger partial charge in [0.15, 0.2) is 0 Å². The minimum atomic E-state index is -0.671. The summed E-state index contributed by atoms with van der Waals surface area (Å²) in [4.78, 5) is 0. The molecule has 1 aliphatic rings. The van der Waals surface area contributed by atoms with Crippen LogP contribution in [-0.4, -0.2) is 22.9 Å². The molecule has 118 valence electrons. The quantitative estimate of drug-likeness (QED) is 0.866. The van der Waals surface area contributed by atoms with Gasteiger partial charge in [0.25, 0.3) is 0 Å². The second-order valence-corrected chi connectivity index (χ2v) is 7.50. The Hall–Kier alpha value is -0.770. The molecule has 0 unspecified atom stereocenters. The van der Waals surface area contributed by atoms with Crippen LogP contribution >= 0.6 is 11.6 Å². The van der Waals surface area contributed by atoms with Crippen LogP contribution in [0, 0.1) is 0 Å². The van der Waals surface area contributed by atoms with Crippen molar-refractivity contribution in [2.45, 2.75) is 64.1 Å². The minimum absolute atomic E-state index is 0.0768. The van der Waals surface area contributed by atoms with Crippen LogP contribution in [0.15, 0.2) is 18.2 Å². The molecule has 0 saturated heterocycles. The first-order valence-corrected chi connectivity index (χ1v) is 8.04. The summed E-state index contributed by atoms with van der Waals surface area (Å²) in [6.45, 7) is 7.50. The van der Waals surface area contributed by atoms with Crippen LogP contribution in [0.4, 0.5) is 0 Å². The van der Waals surface area contributed by atoms with E-state index >= 15 is 0 Å². The number of ether oxygens (including phenoxy) is 1. The van der Waals surface area contributed by atoms with Gasteiger partial charge in [-0.15, -0.1) is 0 Å². The summed E-state index contributed by atoms with van der Waals surface area (Å²) in [5.74, 6) is 0.650. The van der Waals surface area contributed by atoms with Gasteiger partial charge in [0.05, 0.1) is 10.6 Å². The molecule has 0 amide bonds. The Kier molecular flexibility index (Phi) is 5.18. The van der Waals surface area contributed by atoms with E-state index in [1.165, 1.54) is 0 Å². The van der Waals surface area contributed by atoms with Crippen molar-refractivity contribution in [1.29, 1.82) is 0 Å². The van der Waals surface area contributed by atoms with E-state index in [1.807, 2.05) is 18.2 Å². The van der Waals surface area contributed by atoms with Gasteiger partial charge in [-0.3, -0.25) is 0 Å². The van der Waals surface area contributed by atoms with Gasteiger partial charge in [-0.25, -0.2) is 0 Å². The fourth-order valence-electron chi connectivity index (χ4n) is 2.53. The number of rotatable bonds is 5. The molecule has 21 heavy (non-hydrogen) atoms. The summed E-state index contributed by atoms with van der Waals surface area (Å²) in [6, 6.07) is 5.83. The van der Waals surface area contributed by atoms with E-state index in [2.05, 4.69) is 26.1 Å². The van der Waals surface area contributed by atoms with Crippen molar-refractivity contribution >= 4 is 11.6 Å². The second-order valence-electron chi connectivity index (χ2n) is 7.09. The molecule has 1 aromatic carbocycles. The van der Waals surface area contributed by atoms with Crippen LogP contribution in [0.25, 0.3) is 0 Å². The maximum Gasteiger partial charge on any atom is 0.138 e. The topological polar surface area (TPSA) is 41.5 Å². The number of halogens is 1. The first-order chi connectivity index (χ1) is 9.77. The maximum absolute atomic E-state index is 10.3. The molecule has 4 heteroatoms. The number of hydrogen-bond acceptors (Lipinski definition) is 3. The molecular weight excluding hydrogens is 286 g/mol. The van der Waals surface area contributed by atoms with E-state index in [9.17, 15) is 5.11 Å². The van der Waals surface area contributed by atoms with Crippen LogP contribution in [0.3, 0.4) is 0 Å². The van der Waals surface area contributed by atoms with Gasteiger partial charge < -0.3 is 15.2 Å². The van der Waals surface area contributed by atoms with Crippen molar-refractivity contribution in [1.82, 2.24) is 5.32 Å². The average Bonchev–Trinajstić information content (AvgIpc) is 2.82. The molecule has 0 aromatic heterocycles. The van der Waals surface area contributed by atoms with Crippen molar-refractivity contribution in [3.8, 4) is 5.75 Å². The Labute approximate surface area is 132 Å². The molecule has 1 fully saturated rings. The second kappa shape index (κ2) is 6.55. The molecule has 1 aliphatic carbocycles. The molecule has 3 nitrogen and oxygen atoms in total. The van der Waals surface area contributed by atoms with E-state index in [-0.39, 0.29) is 5.54 Å². The van der Waals surface area contributed by atoms with Gasteiger partial charge in [0, 0.05) is 12.1 Å². The lowest BCUT2D eigenvalue weighted by Gasteiger charge is -2.23. The third-order valence-corrected chi connectivity index (χ3v) is 4.15. The highest BCUT2D eigenvalue weighted by molar-refractivity contribution is 6.32. The monoisotopic (exact) mass is 311 g/mol. The molecule has 0 spiro atoms. The smallest absolute Gasteiger partial charge is 0.138 e. The van der Waals surface area contributed by atoms with Gasteiger partial charge in [-0.2, -0.15) is 0 Å².